The summed E-state index contributed by atoms with van der Waals surface area (Å²) in [5.74, 6) is 0. The Morgan fingerprint density at radius 3 is 2.45 bits per heavy atom. The van der Waals surface area contributed by atoms with Gasteiger partial charge in [-0.1, -0.05) is 32.6 Å². The maximum atomic E-state index is 8.24. The van der Waals surface area contributed by atoms with Gasteiger partial charge in [0.05, 0.1) is 0 Å². The minimum absolute atomic E-state index is 0.364. The van der Waals surface area contributed by atoms with E-state index in [1.54, 1.807) is 0 Å². The SMILES string of the molecule is CCCCCCCC(N)[N+]#N. The lowest BCUT2D eigenvalue weighted by Gasteiger charge is -1.95. The van der Waals surface area contributed by atoms with Crippen LogP contribution in [0.2, 0.25) is 0 Å². The van der Waals surface area contributed by atoms with Gasteiger partial charge < -0.3 is 0 Å². The van der Waals surface area contributed by atoms with E-state index in [9.17, 15) is 0 Å². The second-order valence-corrected chi connectivity index (χ2v) is 2.89. The van der Waals surface area contributed by atoms with Crippen LogP contribution in [0.15, 0.2) is 0 Å². The molecule has 3 nitrogen and oxygen atoms in total. The molecule has 1 atom stereocenters. The van der Waals surface area contributed by atoms with Crippen LogP contribution in [0.1, 0.15) is 45.4 Å². The van der Waals surface area contributed by atoms with Crippen molar-refractivity contribution >= 4 is 0 Å². The average Bonchev–Trinajstić information content (AvgIpc) is 2.04. The first kappa shape index (κ1) is 10.4. The van der Waals surface area contributed by atoms with Crippen molar-refractivity contribution in [1.82, 2.24) is 0 Å². The quantitative estimate of drug-likeness (QED) is 0.474. The fraction of sp³-hybridized carbons (Fsp3) is 1.00. The number of nitrogens with zero attached hydrogens (tertiary/aromatic N) is 2. The molecule has 0 spiro atoms. The molecular formula is C8H18N3+. The number of hydrogen-bond acceptors (Lipinski definition) is 2. The molecule has 0 aliphatic rings. The van der Waals surface area contributed by atoms with Gasteiger partial charge in [0.25, 0.3) is 0 Å². The third-order valence-electron chi connectivity index (χ3n) is 1.75. The topological polar surface area (TPSA) is 54.2 Å². The molecular weight excluding hydrogens is 138 g/mol. The molecule has 0 aromatic rings. The van der Waals surface area contributed by atoms with E-state index >= 15 is 0 Å². The molecule has 0 rings (SSSR count). The van der Waals surface area contributed by atoms with Crippen LogP contribution in [-0.4, -0.2) is 6.17 Å². The van der Waals surface area contributed by atoms with Crippen LogP contribution in [0.5, 0.6) is 0 Å². The molecule has 0 saturated carbocycles. The predicted molar refractivity (Wildman–Crippen MR) is 46.4 cm³/mol. The maximum absolute atomic E-state index is 8.24. The van der Waals surface area contributed by atoms with Crippen molar-refractivity contribution < 1.29 is 0 Å². The second kappa shape index (κ2) is 7.49. The number of rotatable bonds is 6. The number of nitrogens with two attached hydrogens (primary N) is 1. The van der Waals surface area contributed by atoms with Crippen molar-refractivity contribution in [3.05, 3.63) is 4.98 Å². The highest BCUT2D eigenvalue weighted by Gasteiger charge is 2.10. The Hall–Kier alpha value is -0.620. The van der Waals surface area contributed by atoms with Crippen LogP contribution in [-0.2, 0) is 0 Å². The van der Waals surface area contributed by atoms with Gasteiger partial charge in [-0.15, -0.1) is 0 Å². The highest BCUT2D eigenvalue weighted by atomic mass is 15.0. The molecule has 64 valence electrons. The van der Waals surface area contributed by atoms with E-state index in [0.29, 0.717) is 0 Å². The van der Waals surface area contributed by atoms with Gasteiger partial charge in [-0.25, -0.2) is 0 Å². The van der Waals surface area contributed by atoms with Crippen molar-refractivity contribution in [2.75, 3.05) is 0 Å². The van der Waals surface area contributed by atoms with E-state index in [2.05, 4.69) is 11.9 Å². The standard InChI is InChI=1S/C8H18N3/c1-2-3-4-5-6-7-8(9)11-10/h8H,2-7,9H2,1H3/q+1. The Bertz CT molecular complexity index is 117. The Morgan fingerprint density at radius 1 is 1.27 bits per heavy atom. The Morgan fingerprint density at radius 2 is 1.91 bits per heavy atom. The zero-order valence-corrected chi connectivity index (χ0v) is 7.29. The molecule has 0 amide bonds. The summed E-state index contributed by atoms with van der Waals surface area (Å²) in [4.78, 5) is 2.98. The number of hydrogen-bond donors (Lipinski definition) is 1. The first-order valence-electron chi connectivity index (χ1n) is 4.41. The van der Waals surface area contributed by atoms with Gasteiger partial charge in [0.1, 0.15) is 4.98 Å². The monoisotopic (exact) mass is 156 g/mol. The first-order chi connectivity index (χ1) is 5.31. The third-order valence-corrected chi connectivity index (χ3v) is 1.75. The summed E-state index contributed by atoms with van der Waals surface area (Å²) in [6, 6.07) is 0. The Balaban J connectivity index is 2.97. The van der Waals surface area contributed by atoms with E-state index in [1.807, 2.05) is 0 Å². The molecule has 0 heterocycles. The lowest BCUT2D eigenvalue weighted by Crippen LogP contribution is -2.13. The normalized spacial score (nSPS) is 12.5. The maximum Gasteiger partial charge on any atom is 0.366 e. The average molecular weight is 156 g/mol. The van der Waals surface area contributed by atoms with Crippen LogP contribution in [0.25, 0.3) is 4.98 Å². The summed E-state index contributed by atoms with van der Waals surface area (Å²) < 4.78 is 0. The molecule has 3 heteroatoms. The summed E-state index contributed by atoms with van der Waals surface area (Å²) in [6.07, 6.45) is 6.55. The van der Waals surface area contributed by atoms with Crippen LogP contribution < -0.4 is 5.73 Å². The third kappa shape index (κ3) is 7.27. The highest BCUT2D eigenvalue weighted by Crippen LogP contribution is 2.06. The lowest BCUT2D eigenvalue weighted by atomic mass is 10.1. The molecule has 0 aromatic heterocycles. The summed E-state index contributed by atoms with van der Waals surface area (Å²) in [5, 5.41) is 8.24. The van der Waals surface area contributed by atoms with Crippen molar-refractivity contribution in [3.63, 3.8) is 0 Å². The number of unbranched alkanes of at least 4 members (excludes halogenated alkanes) is 4. The van der Waals surface area contributed by atoms with Gasteiger partial charge in [0, 0.05) is 6.42 Å². The molecule has 2 N–H and O–H groups in total. The fourth-order valence-corrected chi connectivity index (χ4v) is 1.01. The van der Waals surface area contributed by atoms with E-state index in [-0.39, 0.29) is 6.17 Å². The predicted octanol–water partition coefficient (Wildman–Crippen LogP) is 2.48. The zero-order chi connectivity index (χ0) is 8.53. The largest absolute Gasteiger partial charge is 0.366 e. The summed E-state index contributed by atoms with van der Waals surface area (Å²) in [7, 11) is 0. The van der Waals surface area contributed by atoms with E-state index in [1.165, 1.54) is 25.7 Å². The Kier molecular flexibility index (Phi) is 7.06. The Labute approximate surface area is 68.6 Å². The molecule has 1 unspecified atom stereocenters. The molecule has 0 radical (unpaired) electrons. The van der Waals surface area contributed by atoms with Gasteiger partial charge in [-0.2, -0.15) is 0 Å². The van der Waals surface area contributed by atoms with Crippen LogP contribution in [0.4, 0.5) is 0 Å². The molecule has 0 bridgehead atoms. The van der Waals surface area contributed by atoms with Crippen LogP contribution in [0, 0.1) is 5.39 Å². The molecule has 0 aliphatic carbocycles. The molecule has 0 aliphatic heterocycles. The minimum atomic E-state index is -0.364. The van der Waals surface area contributed by atoms with Crippen molar-refractivity contribution in [2.45, 2.75) is 51.6 Å². The van der Waals surface area contributed by atoms with Crippen LogP contribution in [0.3, 0.4) is 0 Å². The van der Waals surface area contributed by atoms with Crippen molar-refractivity contribution in [3.8, 4) is 0 Å². The highest BCUT2D eigenvalue weighted by molar-refractivity contribution is 4.67. The van der Waals surface area contributed by atoms with E-state index in [4.69, 9.17) is 11.1 Å². The van der Waals surface area contributed by atoms with Gasteiger partial charge in [-0.05, 0) is 6.42 Å². The van der Waals surface area contributed by atoms with Crippen molar-refractivity contribution in [2.24, 2.45) is 5.73 Å². The van der Waals surface area contributed by atoms with Gasteiger partial charge in [-0.3, -0.25) is 5.73 Å². The van der Waals surface area contributed by atoms with Crippen LogP contribution >= 0.6 is 0 Å². The summed E-state index contributed by atoms with van der Waals surface area (Å²) in [6.45, 7) is 2.19. The summed E-state index contributed by atoms with van der Waals surface area (Å²) in [5.41, 5.74) is 5.37. The van der Waals surface area contributed by atoms with Gasteiger partial charge >= 0.3 is 6.17 Å². The van der Waals surface area contributed by atoms with Crippen molar-refractivity contribution in [1.29, 1.82) is 5.39 Å². The first-order valence-corrected chi connectivity index (χ1v) is 4.41. The minimum Gasteiger partial charge on any atom is -0.254 e. The number of diazo groups is 1. The van der Waals surface area contributed by atoms with E-state index < -0.39 is 0 Å². The molecule has 0 saturated heterocycles. The van der Waals surface area contributed by atoms with Gasteiger partial charge in [0.2, 0.25) is 5.39 Å². The lowest BCUT2D eigenvalue weighted by molar-refractivity contribution is 0.579. The zero-order valence-electron chi connectivity index (χ0n) is 7.29. The molecule has 0 aromatic carbocycles. The molecule has 11 heavy (non-hydrogen) atoms. The summed E-state index contributed by atoms with van der Waals surface area (Å²) >= 11 is 0. The van der Waals surface area contributed by atoms with Gasteiger partial charge in [0.15, 0.2) is 0 Å². The van der Waals surface area contributed by atoms with E-state index in [0.717, 1.165) is 12.8 Å². The molecule has 0 fully saturated rings. The fourth-order valence-electron chi connectivity index (χ4n) is 1.01. The smallest absolute Gasteiger partial charge is 0.254 e. The second-order valence-electron chi connectivity index (χ2n) is 2.89.